The van der Waals surface area contributed by atoms with Gasteiger partial charge in [-0.15, -0.1) is 0 Å². The van der Waals surface area contributed by atoms with Crippen molar-refractivity contribution >= 4 is 35.3 Å². The predicted molar refractivity (Wildman–Crippen MR) is 140 cm³/mol. The number of rotatable bonds is 10. The topological polar surface area (TPSA) is 43.4 Å². The Morgan fingerprint density at radius 2 is 1.36 bits per heavy atom. The van der Waals surface area contributed by atoms with E-state index in [1.165, 1.54) is 10.4 Å². The van der Waals surface area contributed by atoms with Crippen LogP contribution < -0.4 is 10.4 Å². The fraction of sp³-hybridized carbons (Fsp3) is 0.321. The predicted octanol–water partition coefficient (Wildman–Crippen LogP) is 5.03. The van der Waals surface area contributed by atoms with E-state index in [1.54, 1.807) is 0 Å². The Labute approximate surface area is 201 Å². The van der Waals surface area contributed by atoms with E-state index in [-0.39, 0.29) is 16.6 Å². The minimum atomic E-state index is -2.58. The normalized spacial score (nSPS) is 13.0. The Hall–Kier alpha value is -2.34. The number of ketones is 1. The van der Waals surface area contributed by atoms with Crippen molar-refractivity contribution in [1.82, 2.24) is 0 Å². The molecule has 0 saturated heterocycles. The zero-order valence-electron chi connectivity index (χ0n) is 20.0. The van der Waals surface area contributed by atoms with Crippen LogP contribution in [-0.2, 0) is 20.0 Å². The minimum Gasteiger partial charge on any atom is -0.407 e. The lowest BCUT2D eigenvalue weighted by Gasteiger charge is -2.43. The Morgan fingerprint density at radius 3 is 1.85 bits per heavy atom. The largest absolute Gasteiger partial charge is 0.407 e. The van der Waals surface area contributed by atoms with Crippen molar-refractivity contribution < 1.29 is 13.4 Å². The lowest BCUT2D eigenvalue weighted by atomic mass is 10.2. The Kier molecular flexibility index (Phi) is 8.57. The lowest BCUT2D eigenvalue weighted by Crippen LogP contribution is -2.66. The van der Waals surface area contributed by atoms with Gasteiger partial charge in [-0.05, 0) is 40.9 Å². The quantitative estimate of drug-likeness (QED) is 0.303. The van der Waals surface area contributed by atoms with E-state index in [0.29, 0.717) is 24.3 Å². The fourth-order valence-corrected chi connectivity index (χ4v) is 9.90. The van der Waals surface area contributed by atoms with Crippen LogP contribution >= 0.6 is 0 Å². The molecule has 0 saturated carbocycles. The zero-order valence-corrected chi connectivity index (χ0v) is 21.9. The van der Waals surface area contributed by atoms with Crippen LogP contribution in [0.5, 0.6) is 0 Å². The molecule has 0 aliphatic carbocycles. The van der Waals surface area contributed by atoms with E-state index in [1.807, 2.05) is 43.3 Å². The highest BCUT2D eigenvalue weighted by Crippen LogP contribution is 2.36. The summed E-state index contributed by atoms with van der Waals surface area (Å²) in [6, 6.07) is 28.5. The maximum Gasteiger partial charge on any atom is 0.261 e. The first-order valence-electron chi connectivity index (χ1n) is 11.5. The first-order chi connectivity index (χ1) is 15.7. The molecule has 3 aromatic carbocycles. The highest BCUT2D eigenvalue weighted by atomic mass is 32.2. The molecule has 0 amide bonds. The maximum atomic E-state index is 12.5. The molecule has 0 fully saturated rings. The summed E-state index contributed by atoms with van der Waals surface area (Å²) in [5.74, 6) is 0.0717. The lowest BCUT2D eigenvalue weighted by molar-refractivity contribution is -0.116. The zero-order chi connectivity index (χ0) is 23.9. The Bertz CT molecular complexity index is 1020. The van der Waals surface area contributed by atoms with Crippen LogP contribution in [0.2, 0.25) is 5.04 Å². The third-order valence-electron chi connectivity index (χ3n) is 5.91. The Balaban J connectivity index is 1.70. The van der Waals surface area contributed by atoms with E-state index in [2.05, 4.69) is 69.3 Å². The summed E-state index contributed by atoms with van der Waals surface area (Å²) in [7, 11) is -3.88. The molecular weight excluding hydrogens is 444 g/mol. The molecule has 0 aliphatic heterocycles. The van der Waals surface area contributed by atoms with E-state index in [9.17, 15) is 9.00 Å². The summed E-state index contributed by atoms with van der Waals surface area (Å²) in [6.45, 7) is 9.22. The van der Waals surface area contributed by atoms with Gasteiger partial charge in [0, 0.05) is 17.9 Å². The second-order valence-electron chi connectivity index (χ2n) is 9.46. The van der Waals surface area contributed by atoms with Crippen LogP contribution in [0.25, 0.3) is 0 Å². The molecule has 0 unspecified atom stereocenters. The molecule has 0 aliphatic rings. The molecule has 174 valence electrons. The Morgan fingerprint density at radius 1 is 0.848 bits per heavy atom. The number of hydrogen-bond acceptors (Lipinski definition) is 3. The molecule has 3 aromatic rings. The van der Waals surface area contributed by atoms with Gasteiger partial charge >= 0.3 is 0 Å². The average molecular weight is 479 g/mol. The van der Waals surface area contributed by atoms with Crippen LogP contribution in [0.3, 0.4) is 0 Å². The van der Waals surface area contributed by atoms with Crippen LogP contribution in [0.4, 0.5) is 0 Å². The van der Waals surface area contributed by atoms with Crippen LogP contribution in [0, 0.1) is 6.92 Å². The van der Waals surface area contributed by atoms with Crippen molar-refractivity contribution in [1.29, 1.82) is 0 Å². The first-order valence-corrected chi connectivity index (χ1v) is 14.7. The highest BCUT2D eigenvalue weighted by molar-refractivity contribution is 7.85. The van der Waals surface area contributed by atoms with Gasteiger partial charge in [0.05, 0.1) is 16.6 Å². The number of benzene rings is 3. The summed E-state index contributed by atoms with van der Waals surface area (Å²) >= 11 is 0. The SMILES string of the molecule is Cc1ccc([S@](=O)CC(=O)CCCO[Si](c2ccccc2)(c2ccccc2)C(C)(C)C)cc1. The number of Topliss-reactive ketones (excluding diaryl/α,β-unsaturated/α-hetero) is 1. The van der Waals surface area contributed by atoms with Gasteiger partial charge in [0.2, 0.25) is 0 Å². The number of hydrogen-bond donors (Lipinski definition) is 0. The molecule has 0 bridgehead atoms. The van der Waals surface area contributed by atoms with Gasteiger partial charge in [-0.25, -0.2) is 0 Å². The molecule has 0 spiro atoms. The summed E-state index contributed by atoms with van der Waals surface area (Å²) in [6.07, 6.45) is 0.990. The van der Waals surface area contributed by atoms with Gasteiger partial charge < -0.3 is 4.43 Å². The molecule has 0 radical (unpaired) electrons. The van der Waals surface area contributed by atoms with Crippen LogP contribution in [0.1, 0.15) is 39.2 Å². The minimum absolute atomic E-state index is 0.0138. The molecule has 3 nitrogen and oxygen atoms in total. The number of carbonyl (C=O) groups excluding carboxylic acids is 1. The molecule has 33 heavy (non-hydrogen) atoms. The number of aryl methyl sites for hydroxylation is 1. The third-order valence-corrected chi connectivity index (χ3v) is 12.3. The third kappa shape index (κ3) is 6.17. The maximum absolute atomic E-state index is 12.5. The average Bonchev–Trinajstić information content (AvgIpc) is 2.80. The van der Waals surface area contributed by atoms with Gasteiger partial charge in [-0.2, -0.15) is 0 Å². The molecule has 0 aromatic heterocycles. The van der Waals surface area contributed by atoms with Gasteiger partial charge in [0.1, 0.15) is 5.78 Å². The fourth-order valence-electron chi connectivity index (χ4n) is 4.25. The summed E-state index contributed by atoms with van der Waals surface area (Å²) in [5.41, 5.74) is 1.11. The molecule has 1 atom stereocenters. The molecule has 0 heterocycles. The van der Waals surface area contributed by atoms with Crippen molar-refractivity contribution in [3.63, 3.8) is 0 Å². The summed E-state index contributed by atoms with van der Waals surface area (Å²) < 4.78 is 19.4. The second kappa shape index (κ2) is 11.2. The summed E-state index contributed by atoms with van der Waals surface area (Å²) in [4.78, 5) is 13.2. The van der Waals surface area contributed by atoms with E-state index in [0.717, 1.165) is 5.56 Å². The van der Waals surface area contributed by atoms with E-state index in [4.69, 9.17) is 4.43 Å². The summed E-state index contributed by atoms with van der Waals surface area (Å²) in [5, 5.41) is 2.37. The van der Waals surface area contributed by atoms with Crippen LogP contribution in [-0.4, -0.2) is 30.7 Å². The number of carbonyl (C=O) groups is 1. The molecule has 5 heteroatoms. The van der Waals surface area contributed by atoms with Gasteiger partial charge in [0.15, 0.2) is 0 Å². The second-order valence-corrected chi connectivity index (χ2v) is 15.2. The van der Waals surface area contributed by atoms with Crippen molar-refractivity contribution in [3.8, 4) is 0 Å². The van der Waals surface area contributed by atoms with Gasteiger partial charge in [-0.1, -0.05) is 99.1 Å². The van der Waals surface area contributed by atoms with Gasteiger partial charge in [0.25, 0.3) is 8.32 Å². The van der Waals surface area contributed by atoms with Gasteiger partial charge in [-0.3, -0.25) is 9.00 Å². The van der Waals surface area contributed by atoms with E-state index < -0.39 is 19.1 Å². The standard InChI is InChI=1S/C28H34O3SSi/c1-23-17-19-25(20-18-23)32(30)22-24(29)12-11-21-31-33(28(2,3)4,26-13-7-5-8-14-26)27-15-9-6-10-16-27/h5-10,13-20H,11-12,21-22H2,1-4H3/t32-/m1/s1. The monoisotopic (exact) mass is 478 g/mol. The van der Waals surface area contributed by atoms with Crippen molar-refractivity contribution in [3.05, 3.63) is 90.5 Å². The van der Waals surface area contributed by atoms with Crippen molar-refractivity contribution in [2.45, 2.75) is 50.5 Å². The van der Waals surface area contributed by atoms with E-state index >= 15 is 0 Å². The van der Waals surface area contributed by atoms with Crippen molar-refractivity contribution in [2.75, 3.05) is 12.4 Å². The molecule has 3 rings (SSSR count). The smallest absolute Gasteiger partial charge is 0.261 e. The van der Waals surface area contributed by atoms with Crippen LogP contribution in [0.15, 0.2) is 89.8 Å². The highest BCUT2D eigenvalue weighted by Gasteiger charge is 2.49. The first kappa shape index (κ1) is 25.3. The van der Waals surface area contributed by atoms with Crippen molar-refractivity contribution in [2.24, 2.45) is 0 Å². The molecule has 0 N–H and O–H groups in total. The molecular formula is C28H34O3SSi.